The Kier molecular flexibility index (Phi) is 3.33. The van der Waals surface area contributed by atoms with Gasteiger partial charge in [0.1, 0.15) is 0 Å². The molecule has 0 unspecified atom stereocenters. The summed E-state index contributed by atoms with van der Waals surface area (Å²) in [6, 6.07) is 3.63. The topological polar surface area (TPSA) is 86.3 Å². The molecule has 0 radical (unpaired) electrons. The van der Waals surface area contributed by atoms with Crippen molar-refractivity contribution in [3.8, 4) is 0 Å². The lowest BCUT2D eigenvalue weighted by atomic mass is 9.89. The fraction of sp³-hybridized carbons (Fsp3) is 0.588. The average Bonchev–Trinajstić information content (AvgIpc) is 3.07. The quantitative estimate of drug-likeness (QED) is 0.853. The summed E-state index contributed by atoms with van der Waals surface area (Å²) in [7, 11) is -3.13. The molecule has 25 heavy (non-hydrogen) atoms. The van der Waals surface area contributed by atoms with Gasteiger partial charge < -0.3 is 5.11 Å². The van der Waals surface area contributed by atoms with Gasteiger partial charge in [-0.25, -0.2) is 12.7 Å². The minimum atomic E-state index is -3.13. The fourth-order valence-electron chi connectivity index (χ4n) is 4.70. The number of aromatic amines is 1. The van der Waals surface area contributed by atoms with Crippen LogP contribution in [0.2, 0.25) is 5.02 Å². The number of aromatic nitrogens is 2. The minimum absolute atomic E-state index is 0.164. The van der Waals surface area contributed by atoms with Crippen LogP contribution >= 0.6 is 11.6 Å². The highest BCUT2D eigenvalue weighted by Crippen LogP contribution is 2.51. The highest BCUT2D eigenvalue weighted by Gasteiger charge is 2.53. The number of fused-ring (bicyclic) bond motifs is 2. The molecule has 0 amide bonds. The predicted octanol–water partition coefficient (Wildman–Crippen LogP) is 2.24. The monoisotopic (exact) mass is 381 g/mol. The first kappa shape index (κ1) is 16.1. The molecule has 0 bridgehead atoms. The molecule has 1 aromatic carbocycles. The third-order valence-electron chi connectivity index (χ3n) is 6.06. The largest absolute Gasteiger partial charge is 0.385 e. The standard InChI is InChI=1S/C17H20ClN3O3S/c18-13-3-10-7-19-20-16(10)15(4-13)17(22)5-11-8-21(9-12(11)6-17)25(23,24)14-1-2-14/h3-4,7,11-12,14,22H,1-2,5-6,8-9H2,(H,19,20)/t11-,12+,17+. The van der Waals surface area contributed by atoms with Crippen molar-refractivity contribution in [2.45, 2.75) is 36.5 Å². The van der Waals surface area contributed by atoms with Gasteiger partial charge >= 0.3 is 0 Å². The summed E-state index contributed by atoms with van der Waals surface area (Å²) in [5, 5.41) is 19.7. The third kappa shape index (κ3) is 2.44. The number of rotatable bonds is 3. The van der Waals surface area contributed by atoms with Crippen LogP contribution in [-0.2, 0) is 15.6 Å². The normalized spacial score (nSPS) is 33.2. The molecule has 5 rings (SSSR count). The van der Waals surface area contributed by atoms with E-state index in [0.717, 1.165) is 29.3 Å². The van der Waals surface area contributed by atoms with Gasteiger partial charge in [-0.15, -0.1) is 0 Å². The van der Waals surface area contributed by atoms with Gasteiger partial charge in [0, 0.05) is 29.1 Å². The van der Waals surface area contributed by atoms with Crippen LogP contribution in [0.1, 0.15) is 31.2 Å². The molecule has 6 nitrogen and oxygen atoms in total. The second-order valence-corrected chi connectivity index (χ2v) is 10.5. The van der Waals surface area contributed by atoms with Crippen LogP contribution in [0, 0.1) is 11.8 Å². The number of nitrogens with zero attached hydrogens (tertiary/aromatic N) is 2. The molecule has 1 saturated heterocycles. The van der Waals surface area contributed by atoms with Gasteiger partial charge in [0.05, 0.1) is 22.6 Å². The van der Waals surface area contributed by atoms with E-state index in [2.05, 4.69) is 10.2 Å². The van der Waals surface area contributed by atoms with Crippen molar-refractivity contribution in [3.05, 3.63) is 28.9 Å². The number of benzene rings is 1. The SMILES string of the molecule is O=S(=O)(C1CC1)N1C[C@@H]2C[C@](O)(c3cc(Cl)cc4cn[nH]c34)C[C@@H]2C1. The number of sulfonamides is 1. The Bertz CT molecular complexity index is 939. The summed E-state index contributed by atoms with van der Waals surface area (Å²) in [4.78, 5) is 0. The zero-order valence-electron chi connectivity index (χ0n) is 13.7. The molecule has 134 valence electrons. The van der Waals surface area contributed by atoms with Crippen molar-refractivity contribution in [1.82, 2.24) is 14.5 Å². The molecular formula is C17H20ClN3O3S. The van der Waals surface area contributed by atoms with E-state index in [0.29, 0.717) is 31.0 Å². The van der Waals surface area contributed by atoms with Gasteiger partial charge in [-0.1, -0.05) is 11.6 Å². The molecule has 1 aromatic heterocycles. The Morgan fingerprint density at radius 3 is 2.56 bits per heavy atom. The van der Waals surface area contributed by atoms with E-state index in [9.17, 15) is 13.5 Å². The zero-order chi connectivity index (χ0) is 17.4. The van der Waals surface area contributed by atoms with E-state index in [1.165, 1.54) is 0 Å². The second kappa shape index (κ2) is 5.19. The van der Waals surface area contributed by atoms with Gasteiger partial charge in [-0.3, -0.25) is 5.10 Å². The van der Waals surface area contributed by atoms with Crippen LogP contribution in [-0.4, -0.2) is 46.4 Å². The summed E-state index contributed by atoms with van der Waals surface area (Å²) in [5.74, 6) is 0.381. The van der Waals surface area contributed by atoms with Gasteiger partial charge in [-0.05, 0) is 49.7 Å². The van der Waals surface area contributed by atoms with Crippen molar-refractivity contribution >= 4 is 32.5 Å². The van der Waals surface area contributed by atoms with Crippen LogP contribution < -0.4 is 0 Å². The van der Waals surface area contributed by atoms with Crippen LogP contribution in [0.25, 0.3) is 10.9 Å². The molecule has 3 fully saturated rings. The average molecular weight is 382 g/mol. The smallest absolute Gasteiger partial charge is 0.216 e. The van der Waals surface area contributed by atoms with E-state index in [-0.39, 0.29) is 17.1 Å². The maximum atomic E-state index is 12.5. The molecule has 0 spiro atoms. The minimum Gasteiger partial charge on any atom is -0.385 e. The number of H-pyrrole nitrogens is 1. The fourth-order valence-corrected chi connectivity index (χ4v) is 6.88. The lowest BCUT2D eigenvalue weighted by molar-refractivity contribution is 0.0352. The van der Waals surface area contributed by atoms with Crippen LogP contribution in [0.4, 0.5) is 0 Å². The molecule has 2 heterocycles. The number of aliphatic hydroxyl groups is 1. The summed E-state index contributed by atoms with van der Waals surface area (Å²) < 4.78 is 26.6. The second-order valence-electron chi connectivity index (χ2n) is 7.81. The van der Waals surface area contributed by atoms with Crippen molar-refractivity contribution in [3.63, 3.8) is 0 Å². The summed E-state index contributed by atoms with van der Waals surface area (Å²) >= 11 is 6.23. The van der Waals surface area contributed by atoms with E-state index in [4.69, 9.17) is 11.6 Å². The molecular weight excluding hydrogens is 362 g/mol. The number of nitrogens with one attached hydrogen (secondary N) is 1. The maximum Gasteiger partial charge on any atom is 0.216 e. The van der Waals surface area contributed by atoms with Crippen molar-refractivity contribution < 1.29 is 13.5 Å². The number of halogens is 1. The Morgan fingerprint density at radius 2 is 1.92 bits per heavy atom. The van der Waals surface area contributed by atoms with Crippen molar-refractivity contribution in [2.24, 2.45) is 11.8 Å². The van der Waals surface area contributed by atoms with Crippen LogP contribution in [0.15, 0.2) is 18.3 Å². The van der Waals surface area contributed by atoms with E-state index in [1.54, 1.807) is 10.5 Å². The first-order valence-electron chi connectivity index (χ1n) is 8.71. The lowest BCUT2D eigenvalue weighted by Gasteiger charge is -2.27. The van der Waals surface area contributed by atoms with E-state index in [1.807, 2.05) is 12.1 Å². The van der Waals surface area contributed by atoms with Gasteiger partial charge in [0.2, 0.25) is 10.0 Å². The number of hydrogen-bond acceptors (Lipinski definition) is 4. The highest BCUT2D eigenvalue weighted by molar-refractivity contribution is 7.90. The van der Waals surface area contributed by atoms with E-state index >= 15 is 0 Å². The predicted molar refractivity (Wildman–Crippen MR) is 94.7 cm³/mol. The molecule has 1 aliphatic heterocycles. The molecule has 2 N–H and O–H groups in total. The first-order chi connectivity index (χ1) is 11.9. The molecule has 3 atom stereocenters. The summed E-state index contributed by atoms with van der Waals surface area (Å²) in [5.41, 5.74) is 0.605. The Balaban J connectivity index is 1.44. The zero-order valence-corrected chi connectivity index (χ0v) is 15.2. The first-order valence-corrected chi connectivity index (χ1v) is 10.6. The van der Waals surface area contributed by atoms with Crippen molar-refractivity contribution in [1.29, 1.82) is 0 Å². The number of hydrogen-bond donors (Lipinski definition) is 2. The van der Waals surface area contributed by atoms with Gasteiger partial charge in [0.25, 0.3) is 0 Å². The third-order valence-corrected chi connectivity index (χ3v) is 8.61. The molecule has 2 aromatic rings. The molecule has 2 saturated carbocycles. The van der Waals surface area contributed by atoms with Crippen LogP contribution in [0.5, 0.6) is 0 Å². The molecule has 8 heteroatoms. The lowest BCUT2D eigenvalue weighted by Crippen LogP contribution is -2.34. The van der Waals surface area contributed by atoms with E-state index < -0.39 is 15.6 Å². The van der Waals surface area contributed by atoms with Gasteiger partial charge in [-0.2, -0.15) is 5.10 Å². The van der Waals surface area contributed by atoms with Crippen molar-refractivity contribution in [2.75, 3.05) is 13.1 Å². The Morgan fingerprint density at radius 1 is 1.24 bits per heavy atom. The Labute approximate surface area is 151 Å². The summed E-state index contributed by atoms with van der Waals surface area (Å²) in [6.07, 6.45) is 4.40. The molecule has 3 aliphatic rings. The summed E-state index contributed by atoms with van der Waals surface area (Å²) in [6.45, 7) is 1.05. The van der Waals surface area contributed by atoms with Gasteiger partial charge in [0.15, 0.2) is 0 Å². The molecule has 2 aliphatic carbocycles. The van der Waals surface area contributed by atoms with Crippen LogP contribution in [0.3, 0.4) is 0 Å². The maximum absolute atomic E-state index is 12.5. The Hall–Kier alpha value is -1.15. The highest BCUT2D eigenvalue weighted by atomic mass is 35.5.